The van der Waals surface area contributed by atoms with Crippen LogP contribution in [0.15, 0.2) is 18.2 Å². The third kappa shape index (κ3) is 5.61. The molecule has 0 aliphatic heterocycles. The number of methoxy groups -OCH3 is 2. The van der Waals surface area contributed by atoms with Crippen LogP contribution in [0.4, 0.5) is 0 Å². The van der Waals surface area contributed by atoms with Gasteiger partial charge in [0.1, 0.15) is 6.61 Å². The monoisotopic (exact) mass is 268 g/mol. The summed E-state index contributed by atoms with van der Waals surface area (Å²) < 4.78 is 14.8. The molecule has 0 bridgehead atoms. The summed E-state index contributed by atoms with van der Waals surface area (Å²) in [4.78, 5) is 11.3. The van der Waals surface area contributed by atoms with Gasteiger partial charge in [0.2, 0.25) is 0 Å². The summed E-state index contributed by atoms with van der Waals surface area (Å²) in [5.41, 5.74) is 1.01. The number of ether oxygens (including phenoxy) is 3. The molecule has 0 unspecified atom stereocenters. The molecule has 0 amide bonds. The molecule has 0 fully saturated rings. The minimum absolute atomic E-state index is 0.116. The van der Waals surface area contributed by atoms with Gasteiger partial charge < -0.3 is 19.3 Å². The zero-order chi connectivity index (χ0) is 14.1. The Morgan fingerprint density at radius 1 is 1.26 bits per heavy atom. The maximum Gasteiger partial charge on any atom is 0.305 e. The second-order valence-electron chi connectivity index (χ2n) is 4.07. The number of hydrogen-bond donors (Lipinski definition) is 1. The number of aromatic hydroxyl groups is 1. The zero-order valence-electron chi connectivity index (χ0n) is 11.3. The topological polar surface area (TPSA) is 65.0 Å². The summed E-state index contributed by atoms with van der Waals surface area (Å²) >= 11 is 0. The zero-order valence-corrected chi connectivity index (χ0v) is 11.3. The Morgan fingerprint density at radius 2 is 2.05 bits per heavy atom. The quantitative estimate of drug-likeness (QED) is 0.576. The summed E-state index contributed by atoms with van der Waals surface area (Å²) in [6, 6.07) is 5.17. The van der Waals surface area contributed by atoms with Gasteiger partial charge in [0.15, 0.2) is 11.5 Å². The van der Waals surface area contributed by atoms with Gasteiger partial charge in [0.25, 0.3) is 0 Å². The van der Waals surface area contributed by atoms with Crippen molar-refractivity contribution in [3.05, 3.63) is 23.8 Å². The van der Waals surface area contributed by atoms with Crippen molar-refractivity contribution in [3.8, 4) is 11.5 Å². The molecule has 1 N–H and O–H groups in total. The van der Waals surface area contributed by atoms with E-state index in [4.69, 9.17) is 14.2 Å². The summed E-state index contributed by atoms with van der Waals surface area (Å²) in [7, 11) is 3.07. The van der Waals surface area contributed by atoms with E-state index in [-0.39, 0.29) is 11.7 Å². The molecule has 106 valence electrons. The second-order valence-corrected chi connectivity index (χ2v) is 4.07. The lowest BCUT2D eigenvalue weighted by atomic mass is 10.1. The van der Waals surface area contributed by atoms with Crippen LogP contribution in [0.25, 0.3) is 0 Å². The Hall–Kier alpha value is -1.75. The minimum atomic E-state index is -0.220. The highest BCUT2D eigenvalue weighted by atomic mass is 16.6. The molecule has 5 heteroatoms. The fraction of sp³-hybridized carbons (Fsp3) is 0.500. The molecule has 0 aliphatic carbocycles. The van der Waals surface area contributed by atoms with Crippen molar-refractivity contribution >= 4 is 5.97 Å². The number of benzene rings is 1. The lowest BCUT2D eigenvalue weighted by Crippen LogP contribution is -2.09. The van der Waals surface area contributed by atoms with Gasteiger partial charge in [-0.05, 0) is 30.5 Å². The molecule has 0 saturated carbocycles. The summed E-state index contributed by atoms with van der Waals surface area (Å²) in [6.45, 7) is 0.712. The highest BCUT2D eigenvalue weighted by Crippen LogP contribution is 2.26. The molecular formula is C14H20O5. The SMILES string of the molecule is COCCOC(=O)CCCc1ccc(O)c(OC)c1. The van der Waals surface area contributed by atoms with E-state index in [2.05, 4.69) is 0 Å². The molecule has 5 nitrogen and oxygen atoms in total. The Bertz CT molecular complexity index is 403. The Morgan fingerprint density at radius 3 is 2.74 bits per heavy atom. The predicted molar refractivity (Wildman–Crippen MR) is 70.4 cm³/mol. The molecule has 19 heavy (non-hydrogen) atoms. The van der Waals surface area contributed by atoms with Crippen LogP contribution >= 0.6 is 0 Å². The van der Waals surface area contributed by atoms with Crippen molar-refractivity contribution < 1.29 is 24.1 Å². The fourth-order valence-electron chi connectivity index (χ4n) is 1.63. The number of carbonyl (C=O) groups excluding carboxylic acids is 1. The van der Waals surface area contributed by atoms with E-state index < -0.39 is 0 Å². The number of rotatable bonds is 8. The van der Waals surface area contributed by atoms with Gasteiger partial charge in [0, 0.05) is 13.5 Å². The predicted octanol–water partition coefficient (Wildman–Crippen LogP) is 1.91. The average molecular weight is 268 g/mol. The van der Waals surface area contributed by atoms with Crippen LogP contribution in [0.3, 0.4) is 0 Å². The van der Waals surface area contributed by atoms with Crippen LogP contribution in [0.5, 0.6) is 11.5 Å². The van der Waals surface area contributed by atoms with E-state index in [9.17, 15) is 9.90 Å². The van der Waals surface area contributed by atoms with Crippen LogP contribution < -0.4 is 4.74 Å². The van der Waals surface area contributed by atoms with E-state index in [1.807, 2.05) is 6.07 Å². The third-order valence-electron chi connectivity index (χ3n) is 2.64. The fourth-order valence-corrected chi connectivity index (χ4v) is 1.63. The normalized spacial score (nSPS) is 10.2. The number of phenols is 1. The van der Waals surface area contributed by atoms with Crippen LogP contribution in [0.2, 0.25) is 0 Å². The highest BCUT2D eigenvalue weighted by Gasteiger charge is 2.05. The molecule has 0 spiro atoms. The van der Waals surface area contributed by atoms with Gasteiger partial charge in [-0.1, -0.05) is 6.07 Å². The Labute approximate surface area is 113 Å². The van der Waals surface area contributed by atoms with Crippen molar-refractivity contribution in [2.24, 2.45) is 0 Å². The molecule has 1 aromatic carbocycles. The molecule has 1 rings (SSSR count). The first-order valence-corrected chi connectivity index (χ1v) is 6.17. The van der Waals surface area contributed by atoms with E-state index in [1.165, 1.54) is 7.11 Å². The number of esters is 1. The Balaban J connectivity index is 2.31. The Kier molecular flexibility index (Phi) is 6.74. The lowest BCUT2D eigenvalue weighted by Gasteiger charge is -2.07. The van der Waals surface area contributed by atoms with Crippen molar-refractivity contribution in [1.29, 1.82) is 0 Å². The van der Waals surface area contributed by atoms with Crippen LogP contribution in [0, 0.1) is 0 Å². The molecular weight excluding hydrogens is 248 g/mol. The summed E-state index contributed by atoms with van der Waals surface area (Å²) in [6.07, 6.45) is 1.79. The minimum Gasteiger partial charge on any atom is -0.504 e. The van der Waals surface area contributed by atoms with Crippen molar-refractivity contribution in [1.82, 2.24) is 0 Å². The number of phenolic OH excluding ortho intramolecular Hbond substituents is 1. The number of hydrogen-bond acceptors (Lipinski definition) is 5. The first-order valence-electron chi connectivity index (χ1n) is 6.17. The van der Waals surface area contributed by atoms with Crippen LogP contribution in [-0.4, -0.2) is 38.5 Å². The van der Waals surface area contributed by atoms with Gasteiger partial charge in [0.05, 0.1) is 13.7 Å². The summed E-state index contributed by atoms with van der Waals surface area (Å²) in [5, 5.41) is 9.46. The number of carbonyl (C=O) groups is 1. The molecule has 0 radical (unpaired) electrons. The van der Waals surface area contributed by atoms with E-state index in [0.717, 1.165) is 12.0 Å². The number of aryl methyl sites for hydroxylation is 1. The van der Waals surface area contributed by atoms with E-state index in [0.29, 0.717) is 31.8 Å². The van der Waals surface area contributed by atoms with Gasteiger partial charge in [-0.25, -0.2) is 0 Å². The lowest BCUT2D eigenvalue weighted by molar-refractivity contribution is -0.145. The average Bonchev–Trinajstić information content (AvgIpc) is 2.41. The molecule has 0 atom stereocenters. The molecule has 1 aromatic rings. The maximum atomic E-state index is 11.3. The summed E-state index contributed by atoms with van der Waals surface area (Å²) in [5.74, 6) is 0.341. The van der Waals surface area contributed by atoms with Gasteiger partial charge in [-0.3, -0.25) is 4.79 Å². The third-order valence-corrected chi connectivity index (χ3v) is 2.64. The van der Waals surface area contributed by atoms with Crippen molar-refractivity contribution in [2.75, 3.05) is 27.4 Å². The first-order chi connectivity index (χ1) is 9.17. The van der Waals surface area contributed by atoms with E-state index in [1.54, 1.807) is 19.2 Å². The van der Waals surface area contributed by atoms with Crippen molar-refractivity contribution in [2.45, 2.75) is 19.3 Å². The second kappa shape index (κ2) is 8.37. The molecule has 0 aliphatic rings. The maximum absolute atomic E-state index is 11.3. The standard InChI is InChI=1S/C14H20O5/c1-17-8-9-19-14(16)5-3-4-11-6-7-12(15)13(10-11)18-2/h6-7,10,15H,3-5,8-9H2,1-2H3. The van der Waals surface area contributed by atoms with Crippen LogP contribution in [0.1, 0.15) is 18.4 Å². The van der Waals surface area contributed by atoms with Gasteiger partial charge >= 0.3 is 5.97 Å². The highest BCUT2D eigenvalue weighted by molar-refractivity contribution is 5.69. The first kappa shape index (κ1) is 15.3. The molecule has 0 heterocycles. The largest absolute Gasteiger partial charge is 0.504 e. The van der Waals surface area contributed by atoms with Crippen LogP contribution in [-0.2, 0) is 20.7 Å². The van der Waals surface area contributed by atoms with E-state index >= 15 is 0 Å². The van der Waals surface area contributed by atoms with Gasteiger partial charge in [-0.2, -0.15) is 0 Å². The molecule has 0 saturated heterocycles. The molecule has 0 aromatic heterocycles. The smallest absolute Gasteiger partial charge is 0.305 e. The van der Waals surface area contributed by atoms with Gasteiger partial charge in [-0.15, -0.1) is 0 Å². The van der Waals surface area contributed by atoms with Crippen molar-refractivity contribution in [3.63, 3.8) is 0 Å².